The van der Waals surface area contributed by atoms with Crippen molar-refractivity contribution in [3.8, 4) is 0 Å². The minimum atomic E-state index is -3.27. The average Bonchev–Trinajstić information content (AvgIpc) is 3.11. The summed E-state index contributed by atoms with van der Waals surface area (Å²) in [4.78, 5) is 20.0. The van der Waals surface area contributed by atoms with E-state index in [0.29, 0.717) is 10.6 Å². The number of aromatic nitrogens is 2. The molecule has 7 heteroatoms. The number of sulfone groups is 1. The third kappa shape index (κ3) is 3.39. The Morgan fingerprint density at radius 2 is 1.78 bits per heavy atom. The van der Waals surface area contributed by atoms with Crippen LogP contribution in [0.3, 0.4) is 0 Å². The smallest absolute Gasteiger partial charge is 0.275 e. The first-order valence-electron chi connectivity index (χ1n) is 7.49. The van der Waals surface area contributed by atoms with Crippen molar-refractivity contribution in [3.05, 3.63) is 48.5 Å². The van der Waals surface area contributed by atoms with Crippen LogP contribution in [0.1, 0.15) is 36.2 Å². The summed E-state index contributed by atoms with van der Waals surface area (Å²) in [5.41, 5.74) is 0.723. The lowest BCUT2D eigenvalue weighted by Gasteiger charge is -2.11. The number of rotatable bonds is 4. The van der Waals surface area contributed by atoms with Gasteiger partial charge in [-0.3, -0.25) is 9.78 Å². The first-order chi connectivity index (χ1) is 11.1. The summed E-state index contributed by atoms with van der Waals surface area (Å²) in [6, 6.07) is 6.27. The summed E-state index contributed by atoms with van der Waals surface area (Å²) in [5.74, 6) is -0.385. The monoisotopic (exact) mass is 331 g/mol. The van der Waals surface area contributed by atoms with Crippen LogP contribution < -0.4 is 5.32 Å². The lowest BCUT2D eigenvalue weighted by Crippen LogP contribution is -2.18. The number of amides is 1. The van der Waals surface area contributed by atoms with Gasteiger partial charge in [-0.15, -0.1) is 0 Å². The normalized spacial score (nSPS) is 15.5. The number of hydrogen-bond donors (Lipinski definition) is 1. The molecule has 1 aromatic heterocycles. The lowest BCUT2D eigenvalue weighted by molar-refractivity contribution is 0.102. The van der Waals surface area contributed by atoms with Crippen LogP contribution in [0.4, 0.5) is 5.69 Å². The second-order valence-electron chi connectivity index (χ2n) is 5.52. The van der Waals surface area contributed by atoms with Crippen molar-refractivity contribution in [2.24, 2.45) is 0 Å². The van der Waals surface area contributed by atoms with Gasteiger partial charge in [-0.2, -0.15) is 0 Å². The van der Waals surface area contributed by atoms with Crippen molar-refractivity contribution in [1.29, 1.82) is 0 Å². The zero-order valence-electron chi connectivity index (χ0n) is 12.5. The molecular formula is C16H17N3O3S. The van der Waals surface area contributed by atoms with Gasteiger partial charge >= 0.3 is 0 Å². The lowest BCUT2D eigenvalue weighted by atomic mass is 10.3. The van der Waals surface area contributed by atoms with Crippen molar-refractivity contribution in [3.63, 3.8) is 0 Å². The molecule has 0 radical (unpaired) electrons. The molecule has 0 bridgehead atoms. The molecule has 3 rings (SSSR count). The molecule has 2 aromatic rings. The first kappa shape index (κ1) is 15.6. The highest BCUT2D eigenvalue weighted by molar-refractivity contribution is 7.92. The van der Waals surface area contributed by atoms with E-state index in [1.165, 1.54) is 18.6 Å². The van der Waals surface area contributed by atoms with Crippen molar-refractivity contribution >= 4 is 21.4 Å². The number of hydrogen-bond acceptors (Lipinski definition) is 5. The third-order valence-electron chi connectivity index (χ3n) is 3.98. The van der Waals surface area contributed by atoms with E-state index >= 15 is 0 Å². The van der Waals surface area contributed by atoms with Crippen LogP contribution in [0.5, 0.6) is 0 Å². The maximum absolute atomic E-state index is 12.5. The highest BCUT2D eigenvalue weighted by Gasteiger charge is 2.30. The van der Waals surface area contributed by atoms with Gasteiger partial charge in [0.1, 0.15) is 5.69 Å². The van der Waals surface area contributed by atoms with Crippen LogP contribution in [0.15, 0.2) is 47.8 Å². The van der Waals surface area contributed by atoms with Crippen LogP contribution in [0, 0.1) is 0 Å². The van der Waals surface area contributed by atoms with Gasteiger partial charge in [0.25, 0.3) is 5.91 Å². The zero-order chi connectivity index (χ0) is 16.3. The predicted molar refractivity (Wildman–Crippen MR) is 85.9 cm³/mol. The summed E-state index contributed by atoms with van der Waals surface area (Å²) in [7, 11) is -3.27. The summed E-state index contributed by atoms with van der Waals surface area (Å²) in [5, 5.41) is 2.39. The van der Waals surface area contributed by atoms with Gasteiger partial charge in [0, 0.05) is 18.1 Å². The van der Waals surface area contributed by atoms with Gasteiger partial charge < -0.3 is 5.32 Å². The number of nitrogens with zero attached hydrogens (tertiary/aromatic N) is 2. The number of carbonyl (C=O) groups is 1. The molecule has 0 spiro atoms. The summed E-state index contributed by atoms with van der Waals surface area (Å²) in [6.07, 6.45) is 7.69. The van der Waals surface area contributed by atoms with Crippen LogP contribution in [0.25, 0.3) is 0 Å². The van der Waals surface area contributed by atoms with Crippen molar-refractivity contribution in [1.82, 2.24) is 9.97 Å². The molecular weight excluding hydrogens is 314 g/mol. The Morgan fingerprint density at radius 3 is 2.39 bits per heavy atom. The second kappa shape index (κ2) is 6.45. The Labute approximate surface area is 134 Å². The number of benzene rings is 1. The molecule has 0 saturated heterocycles. The van der Waals surface area contributed by atoms with E-state index in [-0.39, 0.29) is 16.9 Å². The van der Waals surface area contributed by atoms with E-state index in [1.807, 2.05) is 0 Å². The number of carbonyl (C=O) groups excluding carboxylic acids is 1. The largest absolute Gasteiger partial charge is 0.321 e. The van der Waals surface area contributed by atoms with Gasteiger partial charge in [-0.05, 0) is 37.1 Å². The molecule has 0 atom stereocenters. The summed E-state index contributed by atoms with van der Waals surface area (Å²) >= 11 is 0. The molecule has 120 valence electrons. The van der Waals surface area contributed by atoms with Crippen LogP contribution in [0.2, 0.25) is 0 Å². The van der Waals surface area contributed by atoms with Crippen LogP contribution >= 0.6 is 0 Å². The first-order valence-corrected chi connectivity index (χ1v) is 9.03. The highest BCUT2D eigenvalue weighted by Crippen LogP contribution is 2.30. The zero-order valence-corrected chi connectivity index (χ0v) is 13.3. The fourth-order valence-electron chi connectivity index (χ4n) is 2.73. The van der Waals surface area contributed by atoms with E-state index in [9.17, 15) is 13.2 Å². The molecule has 0 unspecified atom stereocenters. The Kier molecular flexibility index (Phi) is 4.38. The molecule has 6 nitrogen and oxygen atoms in total. The molecule has 23 heavy (non-hydrogen) atoms. The highest BCUT2D eigenvalue weighted by atomic mass is 32.2. The Balaban J connectivity index is 1.73. The van der Waals surface area contributed by atoms with Gasteiger partial charge in [0.15, 0.2) is 9.84 Å². The fraction of sp³-hybridized carbons (Fsp3) is 0.312. The van der Waals surface area contributed by atoms with Gasteiger partial charge in [0.2, 0.25) is 0 Å². The number of anilines is 1. The SMILES string of the molecule is O=C(Nc1ccc(S(=O)(=O)C2CCCC2)cc1)c1cnccn1. The Morgan fingerprint density at radius 1 is 1.09 bits per heavy atom. The fourth-order valence-corrected chi connectivity index (χ4v) is 4.58. The standard InChI is InChI=1S/C16H17N3O3S/c20-16(15-11-17-9-10-18-15)19-12-5-7-14(8-6-12)23(21,22)13-3-1-2-4-13/h5-11,13H,1-4H2,(H,19,20). The van der Waals surface area contributed by atoms with Gasteiger partial charge in [-0.1, -0.05) is 12.8 Å². The van der Waals surface area contributed by atoms with Gasteiger partial charge in [-0.25, -0.2) is 13.4 Å². The molecule has 1 heterocycles. The van der Waals surface area contributed by atoms with E-state index in [2.05, 4.69) is 15.3 Å². The van der Waals surface area contributed by atoms with E-state index in [4.69, 9.17) is 0 Å². The minimum absolute atomic E-state index is 0.204. The Bertz CT molecular complexity index is 783. The summed E-state index contributed by atoms with van der Waals surface area (Å²) < 4.78 is 25.0. The predicted octanol–water partition coefficient (Wildman–Crippen LogP) is 2.45. The topological polar surface area (TPSA) is 89.0 Å². The maximum atomic E-state index is 12.5. The summed E-state index contributed by atoms with van der Waals surface area (Å²) in [6.45, 7) is 0. The molecule has 1 saturated carbocycles. The third-order valence-corrected chi connectivity index (χ3v) is 6.26. The van der Waals surface area contributed by atoms with Crippen LogP contribution in [-0.4, -0.2) is 29.5 Å². The minimum Gasteiger partial charge on any atom is -0.321 e. The molecule has 0 aliphatic heterocycles. The number of nitrogens with one attached hydrogen (secondary N) is 1. The van der Waals surface area contributed by atoms with E-state index in [0.717, 1.165) is 25.7 Å². The molecule has 1 aromatic carbocycles. The molecule has 1 aliphatic carbocycles. The van der Waals surface area contributed by atoms with Crippen molar-refractivity contribution in [2.45, 2.75) is 35.8 Å². The molecule has 1 amide bonds. The van der Waals surface area contributed by atoms with Crippen molar-refractivity contribution < 1.29 is 13.2 Å². The molecule has 1 aliphatic rings. The van der Waals surface area contributed by atoms with Crippen molar-refractivity contribution in [2.75, 3.05) is 5.32 Å². The Hall–Kier alpha value is -2.28. The quantitative estimate of drug-likeness (QED) is 0.929. The second-order valence-corrected chi connectivity index (χ2v) is 7.75. The molecule has 1 N–H and O–H groups in total. The van der Waals surface area contributed by atoms with E-state index in [1.54, 1.807) is 24.3 Å². The molecule has 1 fully saturated rings. The average molecular weight is 331 g/mol. The van der Waals surface area contributed by atoms with Gasteiger partial charge in [0.05, 0.1) is 16.3 Å². The van der Waals surface area contributed by atoms with Crippen LogP contribution in [-0.2, 0) is 9.84 Å². The van der Waals surface area contributed by atoms with E-state index < -0.39 is 9.84 Å². The maximum Gasteiger partial charge on any atom is 0.275 e.